The molecule has 0 saturated carbocycles. The van der Waals surface area contributed by atoms with Gasteiger partial charge in [-0.25, -0.2) is 9.97 Å². The van der Waals surface area contributed by atoms with Crippen molar-refractivity contribution in [3.05, 3.63) is 35.1 Å². The lowest BCUT2D eigenvalue weighted by atomic mass is 10.2. The maximum absolute atomic E-state index is 5.90. The van der Waals surface area contributed by atoms with Gasteiger partial charge in [0.2, 0.25) is 0 Å². The fourth-order valence-corrected chi connectivity index (χ4v) is 2.45. The summed E-state index contributed by atoms with van der Waals surface area (Å²) in [5.41, 5.74) is 1.71. The van der Waals surface area contributed by atoms with E-state index in [1.54, 1.807) is 17.7 Å². The minimum absolute atomic E-state index is 0.586. The molecule has 0 unspecified atom stereocenters. The van der Waals surface area contributed by atoms with E-state index in [2.05, 4.69) is 15.0 Å². The summed E-state index contributed by atoms with van der Waals surface area (Å²) in [6, 6.07) is 5.89. The van der Waals surface area contributed by atoms with E-state index in [0.29, 0.717) is 5.15 Å². The summed E-state index contributed by atoms with van der Waals surface area (Å²) in [6.45, 7) is 0. The van der Waals surface area contributed by atoms with Crippen LogP contribution < -0.4 is 0 Å². The Morgan fingerprint density at radius 1 is 1.33 bits per heavy atom. The van der Waals surface area contributed by atoms with Crippen LogP contribution in [0.25, 0.3) is 21.6 Å². The topological polar surface area (TPSA) is 41.6 Å². The van der Waals surface area contributed by atoms with Gasteiger partial charge >= 0.3 is 0 Å². The fourth-order valence-electron chi connectivity index (χ4n) is 1.52. The van der Waals surface area contributed by atoms with Gasteiger partial charge in [-0.2, -0.15) is 0 Å². The lowest BCUT2D eigenvalue weighted by Crippen LogP contribution is -1.84. The molecule has 1 N–H and O–H groups in total. The van der Waals surface area contributed by atoms with Crippen LogP contribution in [0.5, 0.6) is 0 Å². The van der Waals surface area contributed by atoms with Crippen molar-refractivity contribution in [3.63, 3.8) is 0 Å². The van der Waals surface area contributed by atoms with Crippen LogP contribution in [0.15, 0.2) is 29.9 Å². The highest BCUT2D eigenvalue weighted by atomic mass is 35.5. The Balaban J connectivity index is 2.35. The van der Waals surface area contributed by atoms with Crippen LogP contribution >= 0.6 is 22.9 Å². The Kier molecular flexibility index (Phi) is 1.97. The van der Waals surface area contributed by atoms with E-state index in [-0.39, 0.29) is 0 Å². The molecule has 0 fully saturated rings. The molecule has 0 aliphatic carbocycles. The third-order valence-corrected chi connectivity index (χ3v) is 3.23. The number of halogens is 1. The molecule has 0 aliphatic heterocycles. The van der Waals surface area contributed by atoms with Crippen molar-refractivity contribution in [2.75, 3.05) is 0 Å². The molecule has 0 amide bonds. The third-order valence-electron chi connectivity index (χ3n) is 2.15. The van der Waals surface area contributed by atoms with E-state index in [9.17, 15) is 0 Å². The van der Waals surface area contributed by atoms with E-state index in [0.717, 1.165) is 21.6 Å². The maximum atomic E-state index is 5.90. The summed E-state index contributed by atoms with van der Waals surface area (Å²) >= 11 is 7.55. The first-order chi connectivity index (χ1) is 7.34. The van der Waals surface area contributed by atoms with Gasteiger partial charge in [0.1, 0.15) is 17.1 Å². The molecule has 74 valence electrons. The lowest BCUT2D eigenvalue weighted by Gasteiger charge is -1.96. The van der Waals surface area contributed by atoms with Gasteiger partial charge in [0.05, 0.1) is 10.6 Å². The predicted octanol–water partition coefficient (Wildman–Crippen LogP) is 3.34. The van der Waals surface area contributed by atoms with Crippen molar-refractivity contribution in [1.29, 1.82) is 0 Å². The van der Waals surface area contributed by atoms with Gasteiger partial charge in [-0.3, -0.25) is 0 Å². The first kappa shape index (κ1) is 8.88. The molecule has 3 aromatic heterocycles. The lowest BCUT2D eigenvalue weighted by molar-refractivity contribution is 1.21. The van der Waals surface area contributed by atoms with Crippen molar-refractivity contribution >= 4 is 34.0 Å². The number of hydrogen-bond donors (Lipinski definition) is 1. The van der Waals surface area contributed by atoms with Gasteiger partial charge in [-0.05, 0) is 17.5 Å². The minimum Gasteiger partial charge on any atom is -0.330 e. The molecule has 3 rings (SSSR count). The molecular formula is C10H6ClN3S. The second-order valence-electron chi connectivity index (χ2n) is 3.08. The molecule has 0 atom stereocenters. The number of fused-ring (bicyclic) bond motifs is 1. The molecule has 5 heteroatoms. The average Bonchev–Trinajstić information content (AvgIpc) is 2.82. The minimum atomic E-state index is 0.586. The average molecular weight is 236 g/mol. The Labute approximate surface area is 94.8 Å². The highest BCUT2D eigenvalue weighted by Gasteiger charge is 2.09. The molecule has 3 aromatic rings. The van der Waals surface area contributed by atoms with E-state index >= 15 is 0 Å². The number of hydrogen-bond acceptors (Lipinski definition) is 3. The highest BCUT2D eigenvalue weighted by Crippen LogP contribution is 2.30. The van der Waals surface area contributed by atoms with Crippen molar-refractivity contribution in [1.82, 2.24) is 15.0 Å². The number of aromatic nitrogens is 3. The predicted molar refractivity (Wildman–Crippen MR) is 62.2 cm³/mol. The second kappa shape index (κ2) is 3.32. The number of thiophene rings is 1. The molecule has 0 spiro atoms. The van der Waals surface area contributed by atoms with Crippen LogP contribution in [0.1, 0.15) is 0 Å². The number of rotatable bonds is 1. The van der Waals surface area contributed by atoms with Gasteiger partial charge < -0.3 is 4.98 Å². The first-order valence-electron chi connectivity index (χ1n) is 4.38. The molecule has 3 heterocycles. The Hall–Kier alpha value is -1.39. The summed E-state index contributed by atoms with van der Waals surface area (Å²) in [7, 11) is 0. The standard InChI is InChI=1S/C10H6ClN3S/c11-8-4-6-9(7-2-1-3-15-7)12-5-13-10(6)14-8/h1-5H,(H,12,13,14). The largest absolute Gasteiger partial charge is 0.330 e. The Bertz CT molecular complexity index is 600. The van der Waals surface area contributed by atoms with Gasteiger partial charge in [-0.1, -0.05) is 17.7 Å². The normalized spacial score (nSPS) is 11.0. The zero-order valence-corrected chi connectivity index (χ0v) is 9.14. The van der Waals surface area contributed by atoms with Crippen LogP contribution in [0.3, 0.4) is 0 Å². The number of aromatic amines is 1. The van der Waals surface area contributed by atoms with E-state index in [4.69, 9.17) is 11.6 Å². The Morgan fingerprint density at radius 3 is 3.07 bits per heavy atom. The molecular weight excluding hydrogens is 230 g/mol. The van der Waals surface area contributed by atoms with Crippen molar-refractivity contribution < 1.29 is 0 Å². The summed E-state index contributed by atoms with van der Waals surface area (Å²) in [5.74, 6) is 0. The smallest absolute Gasteiger partial charge is 0.142 e. The molecule has 0 aromatic carbocycles. The van der Waals surface area contributed by atoms with Gasteiger partial charge in [0.15, 0.2) is 0 Å². The molecule has 0 aliphatic rings. The van der Waals surface area contributed by atoms with Gasteiger partial charge in [-0.15, -0.1) is 11.3 Å². The van der Waals surface area contributed by atoms with Crippen LogP contribution in [-0.2, 0) is 0 Å². The van der Waals surface area contributed by atoms with Crippen LogP contribution in [0, 0.1) is 0 Å². The first-order valence-corrected chi connectivity index (χ1v) is 5.63. The molecule has 0 bridgehead atoms. The van der Waals surface area contributed by atoms with Gasteiger partial charge in [0, 0.05) is 5.39 Å². The van der Waals surface area contributed by atoms with E-state index in [1.165, 1.54) is 0 Å². The molecule has 3 nitrogen and oxygen atoms in total. The van der Waals surface area contributed by atoms with E-state index < -0.39 is 0 Å². The maximum Gasteiger partial charge on any atom is 0.142 e. The number of nitrogens with one attached hydrogen (secondary N) is 1. The SMILES string of the molecule is Clc1cc2c(-c3cccs3)ncnc2[nH]1. The molecule has 0 radical (unpaired) electrons. The van der Waals surface area contributed by atoms with Crippen molar-refractivity contribution in [2.45, 2.75) is 0 Å². The fraction of sp³-hybridized carbons (Fsp3) is 0. The van der Waals surface area contributed by atoms with E-state index in [1.807, 2.05) is 23.6 Å². The summed E-state index contributed by atoms with van der Waals surface area (Å²) in [4.78, 5) is 12.5. The number of nitrogens with zero attached hydrogens (tertiary/aromatic N) is 2. The summed E-state index contributed by atoms with van der Waals surface area (Å²) < 4.78 is 0. The van der Waals surface area contributed by atoms with Crippen LogP contribution in [-0.4, -0.2) is 15.0 Å². The monoisotopic (exact) mass is 235 g/mol. The zero-order valence-electron chi connectivity index (χ0n) is 7.57. The summed E-state index contributed by atoms with van der Waals surface area (Å²) in [6.07, 6.45) is 1.55. The second-order valence-corrected chi connectivity index (χ2v) is 4.43. The quantitative estimate of drug-likeness (QED) is 0.703. The van der Waals surface area contributed by atoms with Crippen LogP contribution in [0.4, 0.5) is 0 Å². The zero-order chi connectivity index (χ0) is 10.3. The van der Waals surface area contributed by atoms with Gasteiger partial charge in [0.25, 0.3) is 0 Å². The van der Waals surface area contributed by atoms with Crippen molar-refractivity contribution in [3.8, 4) is 10.6 Å². The summed E-state index contributed by atoms with van der Waals surface area (Å²) in [5, 5.41) is 3.57. The third kappa shape index (κ3) is 1.42. The molecule has 15 heavy (non-hydrogen) atoms. The van der Waals surface area contributed by atoms with Crippen LogP contribution in [0.2, 0.25) is 5.15 Å². The van der Waals surface area contributed by atoms with Crippen molar-refractivity contribution in [2.24, 2.45) is 0 Å². The number of H-pyrrole nitrogens is 1. The highest BCUT2D eigenvalue weighted by molar-refractivity contribution is 7.13. The Morgan fingerprint density at radius 2 is 2.27 bits per heavy atom. The molecule has 0 saturated heterocycles.